The molecular formula is C6H15Cl3Si2. The van der Waals surface area contributed by atoms with Gasteiger partial charge < -0.3 is 0 Å². The van der Waals surface area contributed by atoms with Gasteiger partial charge in [-0.3, -0.25) is 0 Å². The largest absolute Gasteiger partial charge is 0.185 e. The van der Waals surface area contributed by atoms with Crippen molar-refractivity contribution in [3.05, 3.63) is 0 Å². The Labute approximate surface area is 85.9 Å². The molecule has 0 spiro atoms. The van der Waals surface area contributed by atoms with Gasteiger partial charge in [0.25, 0.3) is 0 Å². The summed E-state index contributed by atoms with van der Waals surface area (Å²) in [7, 11) is -3.52. The van der Waals surface area contributed by atoms with Crippen molar-refractivity contribution in [3.8, 4) is 0 Å². The first kappa shape index (κ1) is 12.3. The SMILES string of the molecule is C[Si](C)(C)C(Cl)(Cl)[Si](C)(C)Cl. The topological polar surface area (TPSA) is 0 Å². The maximum atomic E-state index is 6.25. The minimum Gasteiger partial charge on any atom is -0.165 e. The molecule has 0 aromatic heterocycles. The Bertz CT molecular complexity index is 127. The fourth-order valence-corrected chi connectivity index (χ4v) is 10.6. The molecule has 0 unspecified atom stereocenters. The molecule has 0 aliphatic heterocycles. The molecule has 0 saturated carbocycles. The summed E-state index contributed by atoms with van der Waals surface area (Å²) in [6.07, 6.45) is 0. The summed E-state index contributed by atoms with van der Waals surface area (Å²) in [5.74, 6) is 0. The second kappa shape index (κ2) is 3.22. The van der Waals surface area contributed by atoms with Crippen molar-refractivity contribution in [2.24, 2.45) is 0 Å². The Morgan fingerprint density at radius 1 is 0.909 bits per heavy atom. The Morgan fingerprint density at radius 2 is 1.18 bits per heavy atom. The van der Waals surface area contributed by atoms with Crippen molar-refractivity contribution in [3.63, 3.8) is 0 Å². The average Bonchev–Trinajstić information content (AvgIpc) is 1.58. The fourth-order valence-electron chi connectivity index (χ4n) is 0.892. The lowest BCUT2D eigenvalue weighted by Crippen LogP contribution is -2.57. The van der Waals surface area contributed by atoms with Crippen LogP contribution in [0.1, 0.15) is 0 Å². The highest BCUT2D eigenvalue weighted by Crippen LogP contribution is 2.42. The Kier molecular flexibility index (Phi) is 3.60. The summed E-state index contributed by atoms with van der Waals surface area (Å²) in [5.41, 5.74) is 0. The van der Waals surface area contributed by atoms with E-state index < -0.39 is 19.0 Å². The van der Waals surface area contributed by atoms with Crippen LogP contribution >= 0.6 is 34.3 Å². The van der Waals surface area contributed by atoms with E-state index in [4.69, 9.17) is 34.3 Å². The van der Waals surface area contributed by atoms with E-state index in [0.717, 1.165) is 0 Å². The van der Waals surface area contributed by atoms with E-state index in [9.17, 15) is 0 Å². The van der Waals surface area contributed by atoms with E-state index in [-0.39, 0.29) is 0 Å². The van der Waals surface area contributed by atoms with Crippen molar-refractivity contribution in [1.29, 1.82) is 0 Å². The van der Waals surface area contributed by atoms with E-state index in [1.54, 1.807) is 0 Å². The van der Waals surface area contributed by atoms with Gasteiger partial charge in [-0.25, -0.2) is 0 Å². The molecule has 0 aliphatic carbocycles. The molecule has 68 valence electrons. The first-order valence-corrected chi connectivity index (χ1v) is 11.8. The van der Waals surface area contributed by atoms with Crippen LogP contribution in [0.2, 0.25) is 32.7 Å². The summed E-state index contributed by atoms with van der Waals surface area (Å²) in [6.45, 7) is 10.4. The van der Waals surface area contributed by atoms with Gasteiger partial charge in [0.1, 0.15) is 3.58 Å². The third kappa shape index (κ3) is 2.63. The Hall–Kier alpha value is 1.30. The van der Waals surface area contributed by atoms with Crippen molar-refractivity contribution in [2.45, 2.75) is 36.3 Å². The van der Waals surface area contributed by atoms with Crippen molar-refractivity contribution >= 4 is 49.7 Å². The van der Waals surface area contributed by atoms with Gasteiger partial charge in [0.15, 0.2) is 7.38 Å². The monoisotopic (exact) mass is 248 g/mol. The zero-order chi connectivity index (χ0) is 9.50. The molecular weight excluding hydrogens is 235 g/mol. The van der Waals surface area contributed by atoms with Gasteiger partial charge in [-0.1, -0.05) is 32.7 Å². The molecule has 11 heavy (non-hydrogen) atoms. The molecule has 0 aliphatic rings. The molecule has 0 rings (SSSR count). The zero-order valence-electron chi connectivity index (χ0n) is 7.63. The summed E-state index contributed by atoms with van der Waals surface area (Å²) >= 11 is 18.7. The third-order valence-electron chi connectivity index (χ3n) is 1.69. The van der Waals surface area contributed by atoms with Gasteiger partial charge in [-0.05, 0) is 0 Å². The van der Waals surface area contributed by atoms with Crippen LogP contribution in [0, 0.1) is 0 Å². The first-order chi connectivity index (χ1) is 4.50. The van der Waals surface area contributed by atoms with Gasteiger partial charge in [0.05, 0.1) is 8.07 Å². The molecule has 0 bridgehead atoms. The molecule has 0 heterocycles. The lowest BCUT2D eigenvalue weighted by Gasteiger charge is -2.39. The Balaban J connectivity index is 4.75. The van der Waals surface area contributed by atoms with Crippen LogP contribution in [0.15, 0.2) is 0 Å². The fraction of sp³-hybridized carbons (Fsp3) is 1.00. The molecule has 0 nitrogen and oxygen atoms in total. The maximum absolute atomic E-state index is 6.25. The predicted octanol–water partition coefficient (Wildman–Crippen LogP) is 4.02. The highest BCUT2D eigenvalue weighted by Gasteiger charge is 2.52. The van der Waals surface area contributed by atoms with E-state index in [1.165, 1.54) is 0 Å². The molecule has 0 N–H and O–H groups in total. The predicted molar refractivity (Wildman–Crippen MR) is 61.1 cm³/mol. The molecule has 0 aromatic carbocycles. The number of rotatable bonds is 2. The highest BCUT2D eigenvalue weighted by molar-refractivity contribution is 7.33. The summed E-state index contributed by atoms with van der Waals surface area (Å²) in [6, 6.07) is 0. The van der Waals surface area contributed by atoms with Crippen molar-refractivity contribution in [1.82, 2.24) is 0 Å². The van der Waals surface area contributed by atoms with Gasteiger partial charge in [-0.15, -0.1) is 23.2 Å². The zero-order valence-corrected chi connectivity index (χ0v) is 11.9. The van der Waals surface area contributed by atoms with Gasteiger partial charge in [0, 0.05) is 0 Å². The minimum absolute atomic E-state index is 0.637. The first-order valence-electron chi connectivity index (χ1n) is 3.57. The summed E-state index contributed by atoms with van der Waals surface area (Å²) in [4.78, 5) is 0. The average molecular weight is 250 g/mol. The molecule has 0 amide bonds. The van der Waals surface area contributed by atoms with E-state index >= 15 is 0 Å². The van der Waals surface area contributed by atoms with E-state index in [1.807, 2.05) is 13.1 Å². The lowest BCUT2D eigenvalue weighted by molar-refractivity contribution is 1.40. The smallest absolute Gasteiger partial charge is 0.165 e. The van der Waals surface area contributed by atoms with Crippen LogP contribution in [0.4, 0.5) is 0 Å². The van der Waals surface area contributed by atoms with Gasteiger partial charge in [0.2, 0.25) is 0 Å². The normalized spacial score (nSPS) is 15.3. The van der Waals surface area contributed by atoms with Crippen LogP contribution in [-0.2, 0) is 0 Å². The highest BCUT2D eigenvalue weighted by atomic mass is 35.6. The van der Waals surface area contributed by atoms with Crippen LogP contribution in [0.3, 0.4) is 0 Å². The molecule has 0 atom stereocenters. The second-order valence-electron chi connectivity index (χ2n) is 4.30. The quantitative estimate of drug-likeness (QED) is 0.394. The van der Waals surface area contributed by atoms with Crippen molar-refractivity contribution in [2.75, 3.05) is 0 Å². The van der Waals surface area contributed by atoms with Crippen molar-refractivity contribution < 1.29 is 0 Å². The van der Waals surface area contributed by atoms with Crippen LogP contribution in [0.5, 0.6) is 0 Å². The van der Waals surface area contributed by atoms with Crippen LogP contribution in [0.25, 0.3) is 0 Å². The number of halogens is 3. The molecule has 0 radical (unpaired) electrons. The van der Waals surface area contributed by atoms with E-state index in [0.29, 0.717) is 0 Å². The third-order valence-corrected chi connectivity index (χ3v) is 17.3. The Morgan fingerprint density at radius 3 is 1.18 bits per heavy atom. The molecule has 5 heteroatoms. The standard InChI is InChI=1S/C6H15Cl3Si2/c1-10(2,3)6(7,8)11(4,5)9/h1-5H3. The lowest BCUT2D eigenvalue weighted by atomic mass is 11.7. The minimum atomic E-state index is -1.96. The molecule has 0 fully saturated rings. The van der Waals surface area contributed by atoms with Crippen LogP contribution in [-0.4, -0.2) is 19.0 Å². The molecule has 0 saturated heterocycles. The van der Waals surface area contributed by atoms with Gasteiger partial charge in [-0.2, -0.15) is 11.1 Å². The van der Waals surface area contributed by atoms with E-state index in [2.05, 4.69) is 19.6 Å². The second-order valence-corrected chi connectivity index (χ2v) is 19.2. The summed E-state index contributed by atoms with van der Waals surface area (Å²) in [5, 5.41) is 0. The number of hydrogen-bond acceptors (Lipinski definition) is 0. The molecule has 0 aromatic rings. The summed E-state index contributed by atoms with van der Waals surface area (Å²) < 4.78 is -0.637. The van der Waals surface area contributed by atoms with Crippen LogP contribution < -0.4 is 0 Å². The number of alkyl halides is 2. The number of hydrogen-bond donors (Lipinski definition) is 0. The van der Waals surface area contributed by atoms with Gasteiger partial charge >= 0.3 is 0 Å². The maximum Gasteiger partial charge on any atom is 0.185 e.